The molecular formula is C12H21N5O2S. The first-order valence-corrected chi connectivity index (χ1v) is 7.85. The Morgan fingerprint density at radius 3 is 2.50 bits per heavy atom. The number of carbonyl (C=O) groups is 1. The van der Waals surface area contributed by atoms with Crippen LogP contribution in [-0.2, 0) is 9.53 Å². The second kappa shape index (κ2) is 9.35. The van der Waals surface area contributed by atoms with E-state index in [1.165, 1.54) is 11.8 Å². The van der Waals surface area contributed by atoms with E-state index in [1.54, 1.807) is 6.92 Å². The quantitative estimate of drug-likeness (QED) is 0.405. The SMILES string of the molecule is CCNc1nc(NCCCC(=O)OCC)nc(SC)n1. The molecule has 0 radical (unpaired) electrons. The minimum atomic E-state index is -0.178. The molecule has 1 aromatic rings. The molecule has 1 heterocycles. The van der Waals surface area contributed by atoms with Gasteiger partial charge in [-0.05, 0) is 26.5 Å². The molecule has 0 aliphatic heterocycles. The molecule has 2 N–H and O–H groups in total. The second-order valence-corrected chi connectivity index (χ2v) is 4.61. The molecule has 1 rings (SSSR count). The zero-order valence-electron chi connectivity index (χ0n) is 12.1. The zero-order valence-corrected chi connectivity index (χ0v) is 12.9. The lowest BCUT2D eigenvalue weighted by Gasteiger charge is -2.08. The summed E-state index contributed by atoms with van der Waals surface area (Å²) in [6.45, 7) is 5.56. The minimum Gasteiger partial charge on any atom is -0.466 e. The Bertz CT molecular complexity index is 430. The largest absolute Gasteiger partial charge is 0.466 e. The molecule has 0 bridgehead atoms. The highest BCUT2D eigenvalue weighted by Gasteiger charge is 2.06. The van der Waals surface area contributed by atoms with Crippen molar-refractivity contribution in [2.45, 2.75) is 31.8 Å². The Morgan fingerprint density at radius 2 is 1.90 bits per heavy atom. The van der Waals surface area contributed by atoms with Crippen LogP contribution in [-0.4, -0.2) is 46.9 Å². The van der Waals surface area contributed by atoms with E-state index in [0.717, 1.165) is 6.54 Å². The smallest absolute Gasteiger partial charge is 0.305 e. The number of thioether (sulfide) groups is 1. The maximum Gasteiger partial charge on any atom is 0.305 e. The molecule has 0 aliphatic carbocycles. The van der Waals surface area contributed by atoms with E-state index in [4.69, 9.17) is 4.74 Å². The van der Waals surface area contributed by atoms with Crippen LogP contribution in [0.15, 0.2) is 5.16 Å². The van der Waals surface area contributed by atoms with Gasteiger partial charge in [0.05, 0.1) is 6.61 Å². The minimum absolute atomic E-state index is 0.178. The van der Waals surface area contributed by atoms with Crippen LogP contribution in [0.25, 0.3) is 0 Å². The number of ether oxygens (including phenoxy) is 1. The fourth-order valence-corrected chi connectivity index (χ4v) is 1.79. The van der Waals surface area contributed by atoms with Gasteiger partial charge >= 0.3 is 5.97 Å². The fraction of sp³-hybridized carbons (Fsp3) is 0.667. The highest BCUT2D eigenvalue weighted by molar-refractivity contribution is 7.98. The van der Waals surface area contributed by atoms with Crippen LogP contribution < -0.4 is 10.6 Å². The zero-order chi connectivity index (χ0) is 14.8. The summed E-state index contributed by atoms with van der Waals surface area (Å²) in [5.41, 5.74) is 0. The Hall–Kier alpha value is -1.57. The van der Waals surface area contributed by atoms with E-state index in [-0.39, 0.29) is 5.97 Å². The summed E-state index contributed by atoms with van der Waals surface area (Å²) in [5.74, 6) is 0.895. The van der Waals surface area contributed by atoms with Gasteiger partial charge in [-0.2, -0.15) is 15.0 Å². The molecule has 0 fully saturated rings. The Labute approximate surface area is 123 Å². The Balaban J connectivity index is 2.46. The average molecular weight is 299 g/mol. The Morgan fingerprint density at radius 1 is 1.20 bits per heavy atom. The van der Waals surface area contributed by atoms with Gasteiger partial charge in [-0.25, -0.2) is 0 Å². The lowest BCUT2D eigenvalue weighted by molar-refractivity contribution is -0.143. The van der Waals surface area contributed by atoms with E-state index in [9.17, 15) is 4.79 Å². The van der Waals surface area contributed by atoms with E-state index in [0.29, 0.717) is 43.0 Å². The van der Waals surface area contributed by atoms with E-state index in [1.807, 2.05) is 13.2 Å². The second-order valence-electron chi connectivity index (χ2n) is 3.84. The maximum absolute atomic E-state index is 11.2. The van der Waals surface area contributed by atoms with E-state index >= 15 is 0 Å². The van der Waals surface area contributed by atoms with Crippen LogP contribution in [0, 0.1) is 0 Å². The van der Waals surface area contributed by atoms with Crippen molar-refractivity contribution in [3.05, 3.63) is 0 Å². The average Bonchev–Trinajstić information content (AvgIpc) is 2.44. The molecule has 1 aromatic heterocycles. The molecule has 20 heavy (non-hydrogen) atoms. The highest BCUT2D eigenvalue weighted by atomic mass is 32.2. The van der Waals surface area contributed by atoms with Gasteiger partial charge in [-0.15, -0.1) is 0 Å². The maximum atomic E-state index is 11.2. The van der Waals surface area contributed by atoms with Crippen molar-refractivity contribution in [3.8, 4) is 0 Å². The predicted octanol–water partition coefficient (Wildman–Crippen LogP) is 1.78. The number of aromatic nitrogens is 3. The number of rotatable bonds is 9. The van der Waals surface area contributed by atoms with Gasteiger partial charge in [0.25, 0.3) is 0 Å². The third-order valence-electron chi connectivity index (χ3n) is 2.28. The number of nitrogens with one attached hydrogen (secondary N) is 2. The number of nitrogens with zero attached hydrogens (tertiary/aromatic N) is 3. The van der Waals surface area contributed by atoms with Crippen molar-refractivity contribution in [2.75, 3.05) is 36.6 Å². The van der Waals surface area contributed by atoms with Crippen molar-refractivity contribution in [3.63, 3.8) is 0 Å². The summed E-state index contributed by atoms with van der Waals surface area (Å²) in [6, 6.07) is 0. The summed E-state index contributed by atoms with van der Waals surface area (Å²) < 4.78 is 4.86. The first kappa shape index (κ1) is 16.5. The molecule has 0 spiro atoms. The molecule has 8 heteroatoms. The lowest BCUT2D eigenvalue weighted by atomic mass is 10.3. The van der Waals surface area contributed by atoms with Gasteiger partial charge in [0, 0.05) is 19.5 Å². The Kier molecular flexibility index (Phi) is 7.71. The third-order valence-corrected chi connectivity index (χ3v) is 2.83. The van der Waals surface area contributed by atoms with Crippen molar-refractivity contribution in [1.29, 1.82) is 0 Å². The van der Waals surface area contributed by atoms with Gasteiger partial charge in [0.1, 0.15) is 0 Å². The summed E-state index contributed by atoms with van der Waals surface area (Å²) in [4.78, 5) is 23.9. The molecular weight excluding hydrogens is 278 g/mol. The molecule has 0 atom stereocenters. The molecule has 0 aliphatic rings. The standard InChI is InChI=1S/C12H21N5O2S/c1-4-13-10-15-11(17-12(16-10)20-3)14-8-6-7-9(18)19-5-2/h4-8H2,1-3H3,(H2,13,14,15,16,17). The first-order valence-electron chi connectivity index (χ1n) is 6.63. The van der Waals surface area contributed by atoms with Crippen LogP contribution in [0.2, 0.25) is 0 Å². The molecule has 0 amide bonds. The highest BCUT2D eigenvalue weighted by Crippen LogP contribution is 2.13. The number of anilines is 2. The monoisotopic (exact) mass is 299 g/mol. The van der Waals surface area contributed by atoms with Gasteiger partial charge < -0.3 is 15.4 Å². The van der Waals surface area contributed by atoms with E-state index < -0.39 is 0 Å². The third kappa shape index (κ3) is 6.05. The van der Waals surface area contributed by atoms with Crippen LogP contribution in [0.3, 0.4) is 0 Å². The number of hydrogen-bond acceptors (Lipinski definition) is 8. The topological polar surface area (TPSA) is 89.0 Å². The molecule has 112 valence electrons. The van der Waals surface area contributed by atoms with Crippen LogP contribution in [0.1, 0.15) is 26.7 Å². The first-order chi connectivity index (χ1) is 9.69. The molecule has 0 aromatic carbocycles. The molecule has 0 saturated carbocycles. The lowest BCUT2D eigenvalue weighted by Crippen LogP contribution is -2.12. The van der Waals surface area contributed by atoms with Crippen molar-refractivity contribution >= 4 is 29.6 Å². The van der Waals surface area contributed by atoms with Crippen LogP contribution >= 0.6 is 11.8 Å². The van der Waals surface area contributed by atoms with Gasteiger partial charge in [0.15, 0.2) is 5.16 Å². The summed E-state index contributed by atoms with van der Waals surface area (Å²) in [7, 11) is 0. The molecule has 0 saturated heterocycles. The van der Waals surface area contributed by atoms with E-state index in [2.05, 4.69) is 25.6 Å². The van der Waals surface area contributed by atoms with Gasteiger partial charge in [-0.1, -0.05) is 11.8 Å². The fourth-order valence-electron chi connectivity index (χ4n) is 1.43. The predicted molar refractivity (Wildman–Crippen MR) is 80.1 cm³/mol. The van der Waals surface area contributed by atoms with Gasteiger partial charge in [-0.3, -0.25) is 4.79 Å². The number of carbonyl (C=O) groups excluding carboxylic acids is 1. The summed E-state index contributed by atoms with van der Waals surface area (Å²) in [6.07, 6.45) is 2.98. The van der Waals surface area contributed by atoms with Gasteiger partial charge in [0.2, 0.25) is 11.9 Å². The van der Waals surface area contributed by atoms with Crippen LogP contribution in [0.4, 0.5) is 11.9 Å². The summed E-state index contributed by atoms with van der Waals surface area (Å²) >= 11 is 1.46. The summed E-state index contributed by atoms with van der Waals surface area (Å²) in [5, 5.41) is 6.81. The van der Waals surface area contributed by atoms with Crippen LogP contribution in [0.5, 0.6) is 0 Å². The number of esters is 1. The molecule has 0 unspecified atom stereocenters. The normalized spacial score (nSPS) is 10.2. The van der Waals surface area contributed by atoms with Crippen molar-refractivity contribution in [1.82, 2.24) is 15.0 Å². The van der Waals surface area contributed by atoms with Crippen molar-refractivity contribution in [2.24, 2.45) is 0 Å². The number of hydrogen-bond donors (Lipinski definition) is 2. The molecule has 7 nitrogen and oxygen atoms in total. The van der Waals surface area contributed by atoms with Crippen molar-refractivity contribution < 1.29 is 9.53 Å².